The minimum atomic E-state index is -0.438. The molecule has 0 bridgehead atoms. The summed E-state index contributed by atoms with van der Waals surface area (Å²) in [7, 11) is 1.37. The van der Waals surface area contributed by atoms with Crippen LogP contribution in [0.25, 0.3) is 5.65 Å². The van der Waals surface area contributed by atoms with Crippen LogP contribution in [-0.4, -0.2) is 44.4 Å². The predicted octanol–water partition coefficient (Wildman–Crippen LogP) is 0.519. The van der Waals surface area contributed by atoms with Gasteiger partial charge in [-0.3, -0.25) is 0 Å². The summed E-state index contributed by atoms with van der Waals surface area (Å²) in [5, 5.41) is 18.2. The fraction of sp³-hybridized carbons (Fsp3) is 0.545. The van der Waals surface area contributed by atoms with Gasteiger partial charge in [0, 0.05) is 0 Å². The van der Waals surface area contributed by atoms with Crippen molar-refractivity contribution in [3.8, 4) is 0 Å². The van der Waals surface area contributed by atoms with Gasteiger partial charge >= 0.3 is 5.97 Å². The third-order valence-electron chi connectivity index (χ3n) is 2.58. The van der Waals surface area contributed by atoms with Crippen LogP contribution in [0.2, 0.25) is 0 Å². The van der Waals surface area contributed by atoms with Crippen molar-refractivity contribution < 1.29 is 9.53 Å². The van der Waals surface area contributed by atoms with Gasteiger partial charge in [-0.05, 0) is 34.9 Å². The number of tetrazole rings is 1. The lowest BCUT2D eigenvalue weighted by Crippen LogP contribution is -2.32. The molecule has 0 aromatic carbocycles. The number of fused-ring (bicyclic) bond motifs is 1. The maximum Gasteiger partial charge on any atom is 0.328 e. The number of carbonyl (C=O) groups is 1. The summed E-state index contributed by atoms with van der Waals surface area (Å²) in [6, 6.07) is 3.01. The fourth-order valence-electron chi connectivity index (χ4n) is 1.73. The Morgan fingerprint density at radius 1 is 1.47 bits per heavy atom. The van der Waals surface area contributed by atoms with E-state index >= 15 is 0 Å². The number of methoxy groups -OCH3 is 1. The molecule has 0 amide bonds. The van der Waals surface area contributed by atoms with E-state index in [1.165, 1.54) is 11.7 Å². The molecule has 0 aliphatic rings. The molecule has 8 heteroatoms. The van der Waals surface area contributed by atoms with E-state index in [1.807, 2.05) is 13.8 Å². The van der Waals surface area contributed by atoms with Crippen molar-refractivity contribution >= 4 is 17.4 Å². The molecule has 1 unspecified atom stereocenters. The third-order valence-corrected chi connectivity index (χ3v) is 2.58. The molecule has 0 aliphatic carbocycles. The Kier molecular flexibility index (Phi) is 3.88. The second kappa shape index (κ2) is 5.59. The van der Waals surface area contributed by atoms with Crippen LogP contribution in [0.3, 0.4) is 0 Å². The summed E-state index contributed by atoms with van der Waals surface area (Å²) in [6.07, 6.45) is 0.655. The number of ether oxygens (including phenoxy) is 1. The van der Waals surface area contributed by atoms with Gasteiger partial charge in [-0.2, -0.15) is 0 Å². The molecule has 1 N–H and O–H groups in total. The maximum atomic E-state index is 11.7. The highest BCUT2D eigenvalue weighted by molar-refractivity contribution is 5.78. The topological polar surface area (TPSA) is 94.3 Å². The Balaban J connectivity index is 2.17. The summed E-state index contributed by atoms with van der Waals surface area (Å²) in [4.78, 5) is 11.7. The lowest BCUT2D eigenvalue weighted by atomic mass is 10.0. The molecule has 0 aliphatic heterocycles. The molecule has 2 aromatic heterocycles. The maximum absolute atomic E-state index is 11.7. The van der Waals surface area contributed by atoms with Crippen molar-refractivity contribution in [2.24, 2.45) is 5.92 Å². The van der Waals surface area contributed by atoms with E-state index in [4.69, 9.17) is 4.74 Å². The van der Waals surface area contributed by atoms with E-state index < -0.39 is 6.04 Å². The zero-order valence-electron chi connectivity index (χ0n) is 11.1. The Bertz CT molecular complexity index is 567. The molecule has 2 heterocycles. The molecule has 102 valence electrons. The van der Waals surface area contributed by atoms with Crippen LogP contribution in [0.5, 0.6) is 0 Å². The van der Waals surface area contributed by atoms with Gasteiger partial charge in [0.25, 0.3) is 0 Å². The van der Waals surface area contributed by atoms with E-state index in [2.05, 4.69) is 25.9 Å². The number of anilines is 1. The number of rotatable bonds is 5. The van der Waals surface area contributed by atoms with Crippen LogP contribution < -0.4 is 5.32 Å². The largest absolute Gasteiger partial charge is 0.467 e. The number of esters is 1. The number of aromatic nitrogens is 5. The summed E-state index contributed by atoms with van der Waals surface area (Å²) in [5.74, 6) is 0.566. The Labute approximate surface area is 110 Å². The van der Waals surface area contributed by atoms with Crippen molar-refractivity contribution in [2.75, 3.05) is 12.4 Å². The van der Waals surface area contributed by atoms with E-state index in [9.17, 15) is 4.79 Å². The minimum absolute atomic E-state index is 0.313. The highest BCUT2D eigenvalue weighted by Gasteiger charge is 2.21. The van der Waals surface area contributed by atoms with Gasteiger partial charge in [0.05, 0.1) is 7.11 Å². The normalized spacial score (nSPS) is 12.6. The molecule has 2 aromatic rings. The van der Waals surface area contributed by atoms with Crippen LogP contribution in [0, 0.1) is 5.92 Å². The van der Waals surface area contributed by atoms with E-state index in [1.54, 1.807) is 12.1 Å². The second-order valence-electron chi connectivity index (χ2n) is 4.59. The smallest absolute Gasteiger partial charge is 0.328 e. The van der Waals surface area contributed by atoms with Crippen LogP contribution in [0.4, 0.5) is 5.82 Å². The monoisotopic (exact) mass is 264 g/mol. The molecule has 0 radical (unpaired) electrons. The third kappa shape index (κ3) is 3.15. The summed E-state index contributed by atoms with van der Waals surface area (Å²) >= 11 is 0. The second-order valence-corrected chi connectivity index (χ2v) is 4.59. The van der Waals surface area contributed by atoms with Crippen LogP contribution in [-0.2, 0) is 9.53 Å². The highest BCUT2D eigenvalue weighted by Crippen LogP contribution is 2.12. The van der Waals surface area contributed by atoms with Crippen molar-refractivity contribution in [3.05, 3.63) is 12.1 Å². The standard InChI is InChI=1S/C11H16N6O2/c1-7(2)6-8(11(18)19-3)12-9-4-5-10-13-15-16-17(10)14-9/h4-5,7-8H,6H2,1-3H3,(H,12,14). The average Bonchev–Trinajstić information content (AvgIpc) is 2.84. The van der Waals surface area contributed by atoms with Crippen molar-refractivity contribution in [3.63, 3.8) is 0 Å². The zero-order valence-corrected chi connectivity index (χ0v) is 11.1. The van der Waals surface area contributed by atoms with Gasteiger partial charge in [-0.15, -0.1) is 14.8 Å². The van der Waals surface area contributed by atoms with Crippen molar-refractivity contribution in [1.82, 2.24) is 25.3 Å². The molecular weight excluding hydrogens is 248 g/mol. The first-order valence-corrected chi connectivity index (χ1v) is 6.00. The summed E-state index contributed by atoms with van der Waals surface area (Å²) < 4.78 is 6.08. The van der Waals surface area contributed by atoms with E-state index in [-0.39, 0.29) is 5.97 Å². The molecule has 2 rings (SSSR count). The molecule has 0 saturated carbocycles. The lowest BCUT2D eigenvalue weighted by molar-refractivity contribution is -0.141. The SMILES string of the molecule is COC(=O)C(CC(C)C)Nc1ccc2nnnn2n1. The van der Waals surface area contributed by atoms with Crippen molar-refractivity contribution in [2.45, 2.75) is 26.3 Å². The Hall–Kier alpha value is -2.25. The summed E-state index contributed by atoms with van der Waals surface area (Å²) in [6.45, 7) is 4.07. The molecule has 19 heavy (non-hydrogen) atoms. The summed E-state index contributed by atoms with van der Waals surface area (Å²) in [5.41, 5.74) is 0.545. The van der Waals surface area contributed by atoms with Gasteiger partial charge in [-0.25, -0.2) is 4.79 Å². The number of nitrogens with zero attached hydrogens (tertiary/aromatic N) is 5. The average molecular weight is 264 g/mol. The first-order chi connectivity index (χ1) is 9.10. The van der Waals surface area contributed by atoms with E-state index in [0.717, 1.165) is 0 Å². The molecule has 0 fully saturated rings. The van der Waals surface area contributed by atoms with Crippen molar-refractivity contribution in [1.29, 1.82) is 0 Å². The van der Waals surface area contributed by atoms with Crippen LogP contribution in [0.1, 0.15) is 20.3 Å². The number of nitrogens with one attached hydrogen (secondary N) is 1. The first kappa shape index (κ1) is 13.2. The molecular formula is C11H16N6O2. The molecule has 1 atom stereocenters. The lowest BCUT2D eigenvalue weighted by Gasteiger charge is -2.18. The Morgan fingerprint density at radius 2 is 2.26 bits per heavy atom. The number of hydrogen-bond donors (Lipinski definition) is 1. The van der Waals surface area contributed by atoms with Crippen LogP contribution >= 0.6 is 0 Å². The fourth-order valence-corrected chi connectivity index (χ4v) is 1.73. The Morgan fingerprint density at radius 3 is 2.95 bits per heavy atom. The van der Waals surface area contributed by atoms with Crippen LogP contribution in [0.15, 0.2) is 12.1 Å². The highest BCUT2D eigenvalue weighted by atomic mass is 16.5. The quantitative estimate of drug-likeness (QED) is 0.786. The first-order valence-electron chi connectivity index (χ1n) is 6.00. The number of hydrogen-bond acceptors (Lipinski definition) is 7. The predicted molar refractivity (Wildman–Crippen MR) is 67.5 cm³/mol. The van der Waals surface area contributed by atoms with E-state index in [0.29, 0.717) is 23.8 Å². The van der Waals surface area contributed by atoms with Gasteiger partial charge in [-0.1, -0.05) is 13.8 Å². The molecule has 0 saturated heterocycles. The molecule has 0 spiro atoms. The van der Waals surface area contributed by atoms with Gasteiger partial charge in [0.1, 0.15) is 11.9 Å². The number of carbonyl (C=O) groups excluding carboxylic acids is 1. The molecule has 8 nitrogen and oxygen atoms in total. The van der Waals surface area contributed by atoms with Gasteiger partial charge in [0.15, 0.2) is 5.65 Å². The van der Waals surface area contributed by atoms with Gasteiger partial charge < -0.3 is 10.1 Å². The minimum Gasteiger partial charge on any atom is -0.467 e. The zero-order chi connectivity index (χ0) is 13.8. The van der Waals surface area contributed by atoms with Gasteiger partial charge in [0.2, 0.25) is 0 Å².